The van der Waals surface area contributed by atoms with Crippen LogP contribution in [0, 0.1) is 0 Å². The summed E-state index contributed by atoms with van der Waals surface area (Å²) in [5.74, 6) is 1.19. The van der Waals surface area contributed by atoms with E-state index in [-0.39, 0.29) is 12.3 Å². The van der Waals surface area contributed by atoms with Crippen LogP contribution in [0.4, 0.5) is 5.69 Å². The molecule has 0 radical (unpaired) electrons. The van der Waals surface area contributed by atoms with Gasteiger partial charge in [-0.3, -0.25) is 4.79 Å². The lowest BCUT2D eigenvalue weighted by Gasteiger charge is -2.10. The number of aromatic nitrogens is 1. The van der Waals surface area contributed by atoms with E-state index in [9.17, 15) is 4.79 Å². The fourth-order valence-corrected chi connectivity index (χ4v) is 2.51. The number of benzene rings is 2. The van der Waals surface area contributed by atoms with Crippen molar-refractivity contribution in [1.29, 1.82) is 0 Å². The van der Waals surface area contributed by atoms with Crippen LogP contribution >= 0.6 is 0 Å². The first-order chi connectivity index (χ1) is 11.2. The van der Waals surface area contributed by atoms with Gasteiger partial charge in [-0.15, -0.1) is 0 Å². The average molecular weight is 310 g/mol. The number of carbonyl (C=O) groups excluding carboxylic acids is 1. The molecular formula is C18H18N2O3. The Morgan fingerprint density at radius 2 is 1.87 bits per heavy atom. The normalized spacial score (nSPS) is 10.5. The molecule has 0 aliphatic heterocycles. The van der Waals surface area contributed by atoms with Crippen molar-refractivity contribution in [3.05, 3.63) is 54.2 Å². The summed E-state index contributed by atoms with van der Waals surface area (Å²) in [6.07, 6.45) is 2.14. The van der Waals surface area contributed by atoms with Crippen molar-refractivity contribution in [3.8, 4) is 11.5 Å². The Morgan fingerprint density at radius 1 is 1.04 bits per heavy atom. The van der Waals surface area contributed by atoms with Gasteiger partial charge in [0.05, 0.1) is 20.6 Å². The molecule has 2 aromatic carbocycles. The average Bonchev–Trinajstić information content (AvgIpc) is 3.02. The number of rotatable bonds is 5. The number of methoxy groups -OCH3 is 2. The molecule has 1 heterocycles. The molecule has 3 rings (SSSR count). The van der Waals surface area contributed by atoms with Crippen LogP contribution in [0.25, 0.3) is 10.9 Å². The van der Waals surface area contributed by atoms with Gasteiger partial charge in [-0.05, 0) is 42.0 Å². The molecule has 0 bridgehead atoms. The number of ether oxygens (including phenoxy) is 2. The highest BCUT2D eigenvalue weighted by atomic mass is 16.5. The molecule has 0 atom stereocenters. The van der Waals surface area contributed by atoms with E-state index in [4.69, 9.17) is 9.47 Å². The number of carbonyl (C=O) groups is 1. The van der Waals surface area contributed by atoms with Crippen LogP contribution < -0.4 is 14.8 Å². The van der Waals surface area contributed by atoms with E-state index in [1.54, 1.807) is 20.3 Å². The third kappa shape index (κ3) is 3.29. The van der Waals surface area contributed by atoms with Gasteiger partial charge in [0, 0.05) is 22.8 Å². The molecule has 5 heteroatoms. The van der Waals surface area contributed by atoms with E-state index in [2.05, 4.69) is 10.3 Å². The second kappa shape index (κ2) is 6.44. The van der Waals surface area contributed by atoms with Gasteiger partial charge < -0.3 is 19.8 Å². The zero-order chi connectivity index (χ0) is 16.2. The lowest BCUT2D eigenvalue weighted by atomic mass is 10.1. The Kier molecular flexibility index (Phi) is 4.19. The Bertz CT molecular complexity index is 839. The summed E-state index contributed by atoms with van der Waals surface area (Å²) in [5.41, 5.74) is 2.69. The van der Waals surface area contributed by atoms with Gasteiger partial charge in [0.25, 0.3) is 0 Å². The smallest absolute Gasteiger partial charge is 0.228 e. The molecule has 5 nitrogen and oxygen atoms in total. The highest BCUT2D eigenvalue weighted by Gasteiger charge is 2.09. The van der Waals surface area contributed by atoms with Gasteiger partial charge >= 0.3 is 0 Å². The summed E-state index contributed by atoms with van der Waals surface area (Å²) in [7, 11) is 3.16. The van der Waals surface area contributed by atoms with Crippen LogP contribution in [-0.4, -0.2) is 25.1 Å². The number of hydrogen-bond acceptors (Lipinski definition) is 3. The van der Waals surface area contributed by atoms with Crippen molar-refractivity contribution in [2.24, 2.45) is 0 Å². The predicted octanol–water partition coefficient (Wildman–Crippen LogP) is 3.37. The summed E-state index contributed by atoms with van der Waals surface area (Å²) in [5, 5.41) is 3.98. The number of fused-ring (bicyclic) bond motifs is 1. The summed E-state index contributed by atoms with van der Waals surface area (Å²) in [6.45, 7) is 0. The quantitative estimate of drug-likeness (QED) is 0.759. The van der Waals surface area contributed by atoms with Crippen LogP contribution in [0.1, 0.15) is 5.56 Å². The second-order valence-electron chi connectivity index (χ2n) is 5.19. The highest BCUT2D eigenvalue weighted by Crippen LogP contribution is 2.27. The molecule has 0 aliphatic rings. The third-order valence-electron chi connectivity index (χ3n) is 3.65. The number of hydrogen-bond donors (Lipinski definition) is 2. The second-order valence-corrected chi connectivity index (χ2v) is 5.19. The molecule has 0 spiro atoms. The first kappa shape index (κ1) is 15.0. The Morgan fingerprint density at radius 3 is 2.65 bits per heavy atom. The fraction of sp³-hybridized carbons (Fsp3) is 0.167. The lowest BCUT2D eigenvalue weighted by molar-refractivity contribution is -0.115. The zero-order valence-electron chi connectivity index (χ0n) is 13.1. The minimum atomic E-state index is -0.0768. The molecule has 0 aliphatic carbocycles. The summed E-state index contributed by atoms with van der Waals surface area (Å²) in [4.78, 5) is 15.3. The van der Waals surface area contributed by atoms with E-state index in [1.165, 1.54) is 0 Å². The molecular weight excluding hydrogens is 292 g/mol. The van der Waals surface area contributed by atoms with Gasteiger partial charge in [-0.1, -0.05) is 6.07 Å². The minimum absolute atomic E-state index is 0.0768. The van der Waals surface area contributed by atoms with Crippen molar-refractivity contribution in [1.82, 2.24) is 4.98 Å². The van der Waals surface area contributed by atoms with E-state index >= 15 is 0 Å². The largest absolute Gasteiger partial charge is 0.493 e. The summed E-state index contributed by atoms with van der Waals surface area (Å²) >= 11 is 0. The molecule has 0 fully saturated rings. The van der Waals surface area contributed by atoms with Gasteiger partial charge in [-0.2, -0.15) is 0 Å². The molecule has 1 aromatic heterocycles. The van der Waals surface area contributed by atoms with Crippen molar-refractivity contribution in [3.63, 3.8) is 0 Å². The minimum Gasteiger partial charge on any atom is -0.493 e. The van der Waals surface area contributed by atoms with E-state index < -0.39 is 0 Å². The van der Waals surface area contributed by atoms with Crippen LogP contribution in [-0.2, 0) is 11.2 Å². The Balaban J connectivity index is 1.71. The van der Waals surface area contributed by atoms with E-state index in [0.717, 1.165) is 22.2 Å². The molecule has 23 heavy (non-hydrogen) atoms. The molecule has 118 valence electrons. The number of anilines is 1. The van der Waals surface area contributed by atoms with Gasteiger partial charge in [-0.25, -0.2) is 0 Å². The molecule has 0 saturated heterocycles. The van der Waals surface area contributed by atoms with Crippen molar-refractivity contribution in [2.45, 2.75) is 6.42 Å². The van der Waals surface area contributed by atoms with E-state index in [0.29, 0.717) is 11.5 Å². The number of H-pyrrole nitrogens is 1. The first-order valence-electron chi connectivity index (χ1n) is 7.27. The van der Waals surface area contributed by atoms with Crippen molar-refractivity contribution < 1.29 is 14.3 Å². The molecule has 0 unspecified atom stereocenters. The van der Waals surface area contributed by atoms with Gasteiger partial charge in [0.15, 0.2) is 11.5 Å². The number of amides is 1. The van der Waals surface area contributed by atoms with Crippen molar-refractivity contribution in [2.75, 3.05) is 19.5 Å². The van der Waals surface area contributed by atoms with Gasteiger partial charge in [0.1, 0.15) is 0 Å². The number of nitrogens with one attached hydrogen (secondary N) is 2. The maximum absolute atomic E-state index is 12.2. The van der Waals surface area contributed by atoms with Crippen LogP contribution in [0.15, 0.2) is 48.7 Å². The van der Waals surface area contributed by atoms with Crippen LogP contribution in [0.5, 0.6) is 11.5 Å². The zero-order valence-corrected chi connectivity index (χ0v) is 13.1. The molecule has 1 amide bonds. The van der Waals surface area contributed by atoms with Crippen LogP contribution in [0.2, 0.25) is 0 Å². The fourth-order valence-electron chi connectivity index (χ4n) is 2.51. The molecule has 0 saturated carbocycles. The SMILES string of the molecule is COc1ccc(CC(=O)Nc2ccc3[nH]ccc3c2)cc1OC. The molecule has 2 N–H and O–H groups in total. The summed E-state index contributed by atoms with van der Waals surface area (Å²) in [6, 6.07) is 13.2. The highest BCUT2D eigenvalue weighted by molar-refractivity contribution is 5.94. The standard InChI is InChI=1S/C18H18N2O3/c1-22-16-6-3-12(9-17(16)23-2)10-18(21)20-14-4-5-15-13(11-14)7-8-19-15/h3-9,11,19H,10H2,1-2H3,(H,20,21). The maximum atomic E-state index is 12.2. The van der Waals surface area contributed by atoms with E-state index in [1.807, 2.05) is 42.6 Å². The third-order valence-corrected chi connectivity index (χ3v) is 3.65. The topological polar surface area (TPSA) is 63.3 Å². The Labute approximate surface area is 134 Å². The maximum Gasteiger partial charge on any atom is 0.228 e. The van der Waals surface area contributed by atoms with Gasteiger partial charge in [0.2, 0.25) is 5.91 Å². The monoisotopic (exact) mass is 310 g/mol. The molecule has 3 aromatic rings. The van der Waals surface area contributed by atoms with Crippen LogP contribution in [0.3, 0.4) is 0 Å². The Hall–Kier alpha value is -2.95. The lowest BCUT2D eigenvalue weighted by Crippen LogP contribution is -2.14. The predicted molar refractivity (Wildman–Crippen MR) is 90.2 cm³/mol. The number of aromatic amines is 1. The van der Waals surface area contributed by atoms with Crippen molar-refractivity contribution >= 4 is 22.5 Å². The first-order valence-corrected chi connectivity index (χ1v) is 7.27. The summed E-state index contributed by atoms with van der Waals surface area (Å²) < 4.78 is 10.5.